The molecule has 2 heterocycles. The van der Waals surface area contributed by atoms with Crippen molar-refractivity contribution in [2.45, 2.75) is 51.0 Å². The van der Waals surface area contributed by atoms with Crippen molar-refractivity contribution < 1.29 is 14.8 Å². The highest BCUT2D eigenvalue weighted by molar-refractivity contribution is 5.77. The highest BCUT2D eigenvalue weighted by Gasteiger charge is 2.32. The van der Waals surface area contributed by atoms with Crippen molar-refractivity contribution >= 4 is 5.91 Å². The molecule has 1 aromatic rings. The fourth-order valence-corrected chi connectivity index (χ4v) is 4.06. The van der Waals surface area contributed by atoms with Gasteiger partial charge in [0.1, 0.15) is 11.8 Å². The Bertz CT molecular complexity index is 520. The van der Waals surface area contributed by atoms with Gasteiger partial charge in [-0.2, -0.15) is 0 Å². The van der Waals surface area contributed by atoms with Gasteiger partial charge in [-0.1, -0.05) is 12.1 Å². The third-order valence-electron chi connectivity index (χ3n) is 5.39. The molecule has 2 aliphatic heterocycles. The minimum atomic E-state index is 0.0888. The van der Waals surface area contributed by atoms with Gasteiger partial charge in [0.05, 0.1) is 25.1 Å². The molecule has 0 bridgehead atoms. The molecule has 0 spiro atoms. The van der Waals surface area contributed by atoms with Gasteiger partial charge in [-0.25, -0.2) is 0 Å². The predicted molar refractivity (Wildman–Crippen MR) is 90.4 cm³/mol. The summed E-state index contributed by atoms with van der Waals surface area (Å²) in [4.78, 5) is 16.3. The number of quaternary nitrogens is 1. The van der Waals surface area contributed by atoms with Crippen molar-refractivity contribution in [2.24, 2.45) is 0 Å². The van der Waals surface area contributed by atoms with Crippen LogP contribution in [0.3, 0.4) is 0 Å². The Morgan fingerprint density at radius 1 is 1.04 bits per heavy atom. The second kappa shape index (κ2) is 7.82. The first-order valence-corrected chi connectivity index (χ1v) is 9.16. The number of benzene rings is 1. The van der Waals surface area contributed by atoms with Crippen LogP contribution in [0.4, 0.5) is 0 Å². The normalized spacial score (nSPS) is 21.1. The smallest absolute Gasteiger partial charge is 0.228 e. The fourth-order valence-electron chi connectivity index (χ4n) is 4.06. The van der Waals surface area contributed by atoms with Crippen LogP contribution in [0.1, 0.15) is 56.6 Å². The number of amides is 1. The van der Waals surface area contributed by atoms with Gasteiger partial charge in [-0.05, 0) is 50.7 Å². The maximum atomic E-state index is 12.8. The van der Waals surface area contributed by atoms with Crippen molar-refractivity contribution in [2.75, 3.05) is 26.2 Å². The van der Waals surface area contributed by atoms with Gasteiger partial charge in [0.15, 0.2) is 0 Å². The van der Waals surface area contributed by atoms with Crippen LogP contribution in [-0.4, -0.2) is 42.1 Å². The Labute approximate surface area is 139 Å². The standard InChI is InChI=1S/C19H28N2O2/c22-18-10-4-3-9-16(18)17(20-11-5-1-6-12-20)15-19(23)21-13-7-2-8-14-21/h3-4,9-10,17,22H,1-2,5-8,11-15H2/p+1/t17-/m1/s1. The molecule has 2 aliphatic rings. The molecule has 2 fully saturated rings. The van der Waals surface area contributed by atoms with E-state index in [9.17, 15) is 9.90 Å². The number of hydrogen-bond acceptors (Lipinski definition) is 2. The van der Waals surface area contributed by atoms with Crippen LogP contribution in [0.15, 0.2) is 24.3 Å². The lowest BCUT2D eigenvalue weighted by atomic mass is 9.97. The summed E-state index contributed by atoms with van der Waals surface area (Å²) < 4.78 is 0. The first-order chi connectivity index (χ1) is 11.3. The van der Waals surface area contributed by atoms with Gasteiger partial charge >= 0.3 is 0 Å². The molecule has 3 rings (SSSR count). The van der Waals surface area contributed by atoms with E-state index in [4.69, 9.17) is 0 Å². The Morgan fingerprint density at radius 2 is 1.70 bits per heavy atom. The summed E-state index contributed by atoms with van der Waals surface area (Å²) >= 11 is 0. The number of carbonyl (C=O) groups is 1. The molecule has 23 heavy (non-hydrogen) atoms. The predicted octanol–water partition coefficient (Wildman–Crippen LogP) is 1.90. The first-order valence-electron chi connectivity index (χ1n) is 9.16. The van der Waals surface area contributed by atoms with E-state index in [1.165, 1.54) is 30.6 Å². The SMILES string of the molecule is O=C(C[C@H](c1ccccc1O)[NH+]1CCCCC1)N1CCCCC1. The van der Waals surface area contributed by atoms with E-state index >= 15 is 0 Å². The van der Waals surface area contributed by atoms with E-state index < -0.39 is 0 Å². The van der Waals surface area contributed by atoms with Crippen LogP contribution < -0.4 is 4.90 Å². The quantitative estimate of drug-likeness (QED) is 0.891. The van der Waals surface area contributed by atoms with Crippen molar-refractivity contribution in [1.82, 2.24) is 4.90 Å². The van der Waals surface area contributed by atoms with Crippen LogP contribution >= 0.6 is 0 Å². The summed E-state index contributed by atoms with van der Waals surface area (Å²) in [5, 5.41) is 10.3. The molecule has 0 aromatic heterocycles. The topological polar surface area (TPSA) is 45.0 Å². The summed E-state index contributed by atoms with van der Waals surface area (Å²) in [5.74, 6) is 0.595. The minimum absolute atomic E-state index is 0.0888. The number of hydrogen-bond donors (Lipinski definition) is 2. The van der Waals surface area contributed by atoms with E-state index in [0.717, 1.165) is 44.6 Å². The molecule has 4 nitrogen and oxygen atoms in total. The van der Waals surface area contributed by atoms with Gasteiger partial charge < -0.3 is 14.9 Å². The molecule has 2 N–H and O–H groups in total. The van der Waals surface area contributed by atoms with E-state index in [0.29, 0.717) is 12.2 Å². The monoisotopic (exact) mass is 317 g/mol. The second-order valence-electron chi connectivity index (χ2n) is 6.98. The van der Waals surface area contributed by atoms with Crippen LogP contribution in [0.5, 0.6) is 5.75 Å². The second-order valence-corrected chi connectivity index (χ2v) is 6.98. The number of nitrogens with zero attached hydrogens (tertiary/aromatic N) is 1. The van der Waals surface area contributed by atoms with Gasteiger partial charge in [-0.15, -0.1) is 0 Å². The third-order valence-corrected chi connectivity index (χ3v) is 5.39. The van der Waals surface area contributed by atoms with E-state index in [2.05, 4.69) is 0 Å². The maximum absolute atomic E-state index is 12.8. The van der Waals surface area contributed by atoms with Crippen LogP contribution in [0.2, 0.25) is 0 Å². The highest BCUT2D eigenvalue weighted by atomic mass is 16.3. The Hall–Kier alpha value is -1.55. The molecule has 1 atom stereocenters. The lowest BCUT2D eigenvalue weighted by Gasteiger charge is -2.34. The average Bonchev–Trinajstić information content (AvgIpc) is 2.62. The van der Waals surface area contributed by atoms with Crippen LogP contribution in [-0.2, 0) is 4.79 Å². The summed E-state index contributed by atoms with van der Waals surface area (Å²) in [6.07, 6.45) is 7.75. The lowest BCUT2D eigenvalue weighted by molar-refractivity contribution is -0.935. The zero-order valence-electron chi connectivity index (χ0n) is 14.0. The maximum Gasteiger partial charge on any atom is 0.228 e. The molecule has 2 saturated heterocycles. The van der Waals surface area contributed by atoms with Crippen molar-refractivity contribution in [3.63, 3.8) is 0 Å². The first kappa shape index (κ1) is 16.3. The molecule has 1 aromatic carbocycles. The molecule has 4 heteroatoms. The number of phenolic OH excluding ortho intramolecular Hbond substituents is 1. The van der Waals surface area contributed by atoms with E-state index in [1.807, 2.05) is 23.1 Å². The number of rotatable bonds is 4. The summed E-state index contributed by atoms with van der Waals surface area (Å²) in [6, 6.07) is 7.65. The fraction of sp³-hybridized carbons (Fsp3) is 0.632. The summed E-state index contributed by atoms with van der Waals surface area (Å²) in [7, 11) is 0. The molecule has 0 radical (unpaired) electrons. The van der Waals surface area contributed by atoms with Crippen molar-refractivity contribution in [1.29, 1.82) is 0 Å². The number of carbonyl (C=O) groups excluding carboxylic acids is 1. The molecule has 126 valence electrons. The van der Waals surface area contributed by atoms with Crippen LogP contribution in [0.25, 0.3) is 0 Å². The lowest BCUT2D eigenvalue weighted by Crippen LogP contribution is -3.13. The van der Waals surface area contributed by atoms with Crippen LogP contribution in [0, 0.1) is 0 Å². The van der Waals surface area contributed by atoms with Gasteiger partial charge in [0.25, 0.3) is 0 Å². The number of phenols is 1. The molecular weight excluding hydrogens is 288 g/mol. The zero-order chi connectivity index (χ0) is 16.1. The van der Waals surface area contributed by atoms with Gasteiger partial charge in [0, 0.05) is 13.1 Å². The molecule has 0 unspecified atom stereocenters. The summed E-state index contributed by atoms with van der Waals surface area (Å²) in [6.45, 7) is 4.02. The number of aromatic hydroxyl groups is 1. The molecular formula is C19H29N2O2+. The third kappa shape index (κ3) is 4.05. The van der Waals surface area contributed by atoms with Gasteiger partial charge in [-0.3, -0.25) is 4.79 Å². The Balaban J connectivity index is 1.77. The average molecular weight is 317 g/mol. The molecule has 0 saturated carbocycles. The zero-order valence-corrected chi connectivity index (χ0v) is 14.0. The summed E-state index contributed by atoms with van der Waals surface area (Å²) in [5.41, 5.74) is 0.940. The number of piperidine rings is 2. The Morgan fingerprint density at radius 3 is 2.39 bits per heavy atom. The van der Waals surface area contributed by atoms with Gasteiger partial charge in [0.2, 0.25) is 5.91 Å². The minimum Gasteiger partial charge on any atom is -0.507 e. The number of nitrogens with one attached hydrogen (secondary N) is 1. The number of para-hydroxylation sites is 1. The van der Waals surface area contributed by atoms with Crippen molar-refractivity contribution in [3.05, 3.63) is 29.8 Å². The highest BCUT2D eigenvalue weighted by Crippen LogP contribution is 2.25. The largest absolute Gasteiger partial charge is 0.507 e. The molecule has 0 aliphatic carbocycles. The van der Waals surface area contributed by atoms with E-state index in [1.54, 1.807) is 6.07 Å². The number of likely N-dealkylation sites (tertiary alicyclic amines) is 2. The molecule has 1 amide bonds. The van der Waals surface area contributed by atoms with Crippen molar-refractivity contribution in [3.8, 4) is 5.75 Å². The van der Waals surface area contributed by atoms with E-state index in [-0.39, 0.29) is 11.9 Å². The Kier molecular flexibility index (Phi) is 5.55.